The summed E-state index contributed by atoms with van der Waals surface area (Å²) in [7, 11) is 1.70. The molecule has 0 aromatic carbocycles. The van der Waals surface area contributed by atoms with Crippen molar-refractivity contribution >= 4 is 0 Å². The van der Waals surface area contributed by atoms with Crippen LogP contribution in [0, 0.1) is 0 Å². The second kappa shape index (κ2) is 6.41. The molecular formula is C13H25F3N2O. The number of nitrogens with one attached hydrogen (secondary N) is 1. The van der Waals surface area contributed by atoms with Gasteiger partial charge in [-0.2, -0.15) is 13.2 Å². The van der Waals surface area contributed by atoms with Crippen LogP contribution in [0.25, 0.3) is 0 Å². The summed E-state index contributed by atoms with van der Waals surface area (Å²) in [6.07, 6.45) is -2.03. The van der Waals surface area contributed by atoms with Crippen LogP contribution in [0.5, 0.6) is 0 Å². The van der Waals surface area contributed by atoms with Crippen molar-refractivity contribution in [1.29, 1.82) is 0 Å². The van der Waals surface area contributed by atoms with E-state index in [9.17, 15) is 18.3 Å². The normalized spacial score (nSPS) is 21.5. The molecule has 2 unspecified atom stereocenters. The Balaban J connectivity index is 2.39. The lowest BCUT2D eigenvalue weighted by atomic mass is 9.93. The Labute approximate surface area is 113 Å². The Morgan fingerprint density at radius 1 is 1.37 bits per heavy atom. The van der Waals surface area contributed by atoms with Crippen molar-refractivity contribution in [3.05, 3.63) is 0 Å². The van der Waals surface area contributed by atoms with Gasteiger partial charge in [-0.3, -0.25) is 0 Å². The highest BCUT2D eigenvalue weighted by atomic mass is 19.4. The number of nitrogens with zero attached hydrogens (tertiary/aromatic N) is 1. The predicted molar refractivity (Wildman–Crippen MR) is 69.0 cm³/mol. The van der Waals surface area contributed by atoms with Gasteiger partial charge >= 0.3 is 6.18 Å². The molecule has 0 aliphatic heterocycles. The maximum atomic E-state index is 12.2. The lowest BCUT2D eigenvalue weighted by molar-refractivity contribution is -0.138. The summed E-state index contributed by atoms with van der Waals surface area (Å²) in [6.45, 7) is 3.83. The van der Waals surface area contributed by atoms with Crippen LogP contribution in [0.2, 0.25) is 0 Å². The van der Waals surface area contributed by atoms with Crippen LogP contribution in [0.4, 0.5) is 13.2 Å². The average Bonchev–Trinajstić information content (AvgIpc) is 3.08. The molecule has 2 N–H and O–H groups in total. The largest absolute Gasteiger partial charge is 0.394 e. The number of hydrogen-bond donors (Lipinski definition) is 2. The van der Waals surface area contributed by atoms with Crippen molar-refractivity contribution in [3.63, 3.8) is 0 Å². The number of alkyl halides is 3. The zero-order chi connectivity index (χ0) is 14.7. The van der Waals surface area contributed by atoms with E-state index in [1.165, 1.54) is 0 Å². The zero-order valence-corrected chi connectivity index (χ0v) is 11.9. The van der Waals surface area contributed by atoms with Gasteiger partial charge in [0.25, 0.3) is 0 Å². The van der Waals surface area contributed by atoms with Gasteiger partial charge in [-0.05, 0) is 40.2 Å². The van der Waals surface area contributed by atoms with Crippen LogP contribution in [-0.2, 0) is 0 Å². The maximum Gasteiger partial charge on any atom is 0.390 e. The molecule has 3 nitrogen and oxygen atoms in total. The van der Waals surface area contributed by atoms with E-state index in [-0.39, 0.29) is 19.2 Å². The highest BCUT2D eigenvalue weighted by Gasteiger charge is 2.34. The summed E-state index contributed by atoms with van der Waals surface area (Å²) in [6, 6.07) is 0.454. The second-order valence-electron chi connectivity index (χ2n) is 6.04. The van der Waals surface area contributed by atoms with E-state index in [0.29, 0.717) is 12.5 Å². The van der Waals surface area contributed by atoms with Crippen molar-refractivity contribution < 1.29 is 18.3 Å². The highest BCUT2D eigenvalue weighted by molar-refractivity contribution is 4.94. The summed E-state index contributed by atoms with van der Waals surface area (Å²) < 4.78 is 36.6. The van der Waals surface area contributed by atoms with Gasteiger partial charge in [-0.1, -0.05) is 0 Å². The van der Waals surface area contributed by atoms with Crippen molar-refractivity contribution in [3.8, 4) is 0 Å². The van der Waals surface area contributed by atoms with E-state index < -0.39 is 18.1 Å². The first-order valence-corrected chi connectivity index (χ1v) is 6.81. The maximum absolute atomic E-state index is 12.2. The van der Waals surface area contributed by atoms with Gasteiger partial charge < -0.3 is 15.3 Å². The third-order valence-electron chi connectivity index (χ3n) is 3.73. The van der Waals surface area contributed by atoms with Gasteiger partial charge in [0.1, 0.15) is 0 Å². The van der Waals surface area contributed by atoms with Gasteiger partial charge in [0, 0.05) is 24.2 Å². The van der Waals surface area contributed by atoms with Crippen molar-refractivity contribution in [2.24, 2.45) is 0 Å². The molecule has 0 heterocycles. The summed E-state index contributed by atoms with van der Waals surface area (Å²) >= 11 is 0. The fourth-order valence-corrected chi connectivity index (χ4v) is 2.22. The Hall–Kier alpha value is -0.330. The lowest BCUT2D eigenvalue weighted by Gasteiger charge is -2.35. The van der Waals surface area contributed by atoms with Gasteiger partial charge in [-0.15, -0.1) is 0 Å². The molecule has 0 radical (unpaired) electrons. The highest BCUT2D eigenvalue weighted by Crippen LogP contribution is 2.26. The molecule has 1 saturated carbocycles. The first-order chi connectivity index (χ1) is 8.65. The fraction of sp³-hybridized carbons (Fsp3) is 1.00. The van der Waals surface area contributed by atoms with Gasteiger partial charge in [0.05, 0.1) is 13.0 Å². The van der Waals surface area contributed by atoms with Crippen LogP contribution in [-0.4, -0.2) is 54.0 Å². The number of halogens is 3. The van der Waals surface area contributed by atoms with Crippen molar-refractivity contribution in [2.45, 2.75) is 63.3 Å². The van der Waals surface area contributed by atoms with Gasteiger partial charge in [-0.25, -0.2) is 0 Å². The first kappa shape index (κ1) is 16.7. The minimum absolute atomic E-state index is 0.000943. The number of aliphatic hydroxyl groups excluding tert-OH is 1. The fourth-order valence-electron chi connectivity index (χ4n) is 2.22. The molecule has 1 rings (SSSR count). The smallest absolute Gasteiger partial charge is 0.390 e. The molecule has 6 heteroatoms. The minimum Gasteiger partial charge on any atom is -0.394 e. The summed E-state index contributed by atoms with van der Waals surface area (Å²) in [5, 5.41) is 12.9. The van der Waals surface area contributed by atoms with E-state index >= 15 is 0 Å². The summed E-state index contributed by atoms with van der Waals surface area (Å²) in [4.78, 5) is 1.70. The Kier molecular flexibility index (Phi) is 5.65. The van der Waals surface area contributed by atoms with Gasteiger partial charge in [0.15, 0.2) is 0 Å². The molecular weight excluding hydrogens is 257 g/mol. The molecule has 114 valence electrons. The molecule has 0 spiro atoms. The third-order valence-corrected chi connectivity index (χ3v) is 3.73. The van der Waals surface area contributed by atoms with Crippen LogP contribution in [0.1, 0.15) is 39.5 Å². The SMILES string of the molecule is CC(CC(C)(CO)NC1CC1)N(C)CCC(F)(F)F. The molecule has 0 saturated heterocycles. The molecule has 0 aromatic heterocycles. The third kappa shape index (κ3) is 6.58. The second-order valence-corrected chi connectivity index (χ2v) is 6.04. The minimum atomic E-state index is -4.11. The Morgan fingerprint density at radius 3 is 2.37 bits per heavy atom. The molecule has 1 aliphatic rings. The van der Waals surface area contributed by atoms with Crippen molar-refractivity contribution in [1.82, 2.24) is 10.2 Å². The number of aliphatic hydroxyl groups is 1. The first-order valence-electron chi connectivity index (χ1n) is 6.81. The predicted octanol–water partition coefficient (Wildman–Crippen LogP) is 2.15. The molecule has 0 bridgehead atoms. The van der Waals surface area contributed by atoms with E-state index in [4.69, 9.17) is 0 Å². The molecule has 2 atom stereocenters. The topological polar surface area (TPSA) is 35.5 Å². The monoisotopic (exact) mass is 282 g/mol. The van der Waals surface area contributed by atoms with E-state index in [1.54, 1.807) is 11.9 Å². The van der Waals surface area contributed by atoms with Gasteiger partial charge in [0.2, 0.25) is 0 Å². The number of hydrogen-bond acceptors (Lipinski definition) is 3. The summed E-state index contributed by atoms with van der Waals surface area (Å²) in [5.41, 5.74) is -0.410. The molecule has 0 amide bonds. The van der Waals surface area contributed by atoms with Crippen LogP contribution in [0.3, 0.4) is 0 Å². The number of rotatable bonds is 8. The quantitative estimate of drug-likeness (QED) is 0.716. The molecule has 19 heavy (non-hydrogen) atoms. The van der Waals surface area contributed by atoms with Crippen molar-refractivity contribution in [2.75, 3.05) is 20.2 Å². The lowest BCUT2D eigenvalue weighted by Crippen LogP contribution is -2.51. The van der Waals surface area contributed by atoms with E-state index in [2.05, 4.69) is 5.32 Å². The van der Waals surface area contributed by atoms with E-state index in [1.807, 2.05) is 13.8 Å². The molecule has 0 aromatic rings. The Morgan fingerprint density at radius 2 is 1.95 bits per heavy atom. The average molecular weight is 282 g/mol. The molecule has 1 fully saturated rings. The van der Waals surface area contributed by atoms with Crippen LogP contribution < -0.4 is 5.32 Å². The Bertz CT molecular complexity index is 282. The standard InChI is InChI=1S/C13H25F3N2O/c1-10(18(3)7-6-13(14,15)16)8-12(2,9-19)17-11-4-5-11/h10-11,17,19H,4-9H2,1-3H3. The van der Waals surface area contributed by atoms with Crippen LogP contribution >= 0.6 is 0 Å². The van der Waals surface area contributed by atoms with E-state index in [0.717, 1.165) is 12.8 Å². The zero-order valence-electron chi connectivity index (χ0n) is 11.9. The summed E-state index contributed by atoms with van der Waals surface area (Å²) in [5.74, 6) is 0. The van der Waals surface area contributed by atoms with Crippen LogP contribution in [0.15, 0.2) is 0 Å². The molecule has 1 aliphatic carbocycles.